The fraction of sp³-hybridized carbons (Fsp3) is 0.375. The Morgan fingerprint density at radius 2 is 2.00 bits per heavy atom. The third-order valence-corrected chi connectivity index (χ3v) is 4.09. The van der Waals surface area contributed by atoms with Crippen molar-refractivity contribution in [3.8, 4) is 5.75 Å². The minimum Gasteiger partial charge on any atom is -0.490 e. The van der Waals surface area contributed by atoms with E-state index >= 15 is 0 Å². The molecule has 4 N–H and O–H groups in total. The highest BCUT2D eigenvalue weighted by Crippen LogP contribution is 2.32. The molecule has 1 heterocycles. The molecule has 0 saturated heterocycles. The van der Waals surface area contributed by atoms with Gasteiger partial charge in [0.25, 0.3) is 5.91 Å². The Labute approximate surface area is 123 Å². The summed E-state index contributed by atoms with van der Waals surface area (Å²) < 4.78 is 5.93. The van der Waals surface area contributed by atoms with Gasteiger partial charge in [0.2, 0.25) is 0 Å². The van der Waals surface area contributed by atoms with E-state index in [1.54, 1.807) is 0 Å². The fourth-order valence-corrected chi connectivity index (χ4v) is 2.89. The van der Waals surface area contributed by atoms with E-state index in [-0.39, 0.29) is 5.54 Å². The van der Waals surface area contributed by atoms with E-state index in [2.05, 4.69) is 4.98 Å². The lowest BCUT2D eigenvalue weighted by Crippen LogP contribution is -2.42. The lowest BCUT2D eigenvalue weighted by atomic mass is 10.0. The quantitative estimate of drug-likeness (QED) is 0.898. The van der Waals surface area contributed by atoms with Crippen molar-refractivity contribution in [2.75, 3.05) is 6.61 Å². The van der Waals surface area contributed by atoms with Gasteiger partial charge in [-0.25, -0.2) is 0 Å². The molecule has 1 aromatic heterocycles. The van der Waals surface area contributed by atoms with Crippen LogP contribution in [0.2, 0.25) is 0 Å². The first kappa shape index (κ1) is 13.8. The molecule has 1 aliphatic rings. The van der Waals surface area contributed by atoms with Crippen LogP contribution in [0.1, 0.15) is 36.0 Å². The Hall–Kier alpha value is -2.14. The number of amides is 1. The van der Waals surface area contributed by atoms with Crippen molar-refractivity contribution in [1.82, 2.24) is 4.98 Å². The van der Waals surface area contributed by atoms with Crippen LogP contribution in [0.15, 0.2) is 30.5 Å². The largest absolute Gasteiger partial charge is 0.490 e. The van der Waals surface area contributed by atoms with Gasteiger partial charge in [0.15, 0.2) is 0 Å². The Bertz CT molecular complexity index is 678. The molecule has 0 unspecified atom stereocenters. The number of carbonyl (C=O) groups is 1. The molecule has 1 saturated carbocycles. The molecular formula is C16H19N3O2. The summed E-state index contributed by atoms with van der Waals surface area (Å²) in [6, 6.07) is 7.53. The molecule has 0 radical (unpaired) electrons. The van der Waals surface area contributed by atoms with Gasteiger partial charge in [-0.2, -0.15) is 0 Å². The van der Waals surface area contributed by atoms with Crippen molar-refractivity contribution < 1.29 is 9.53 Å². The molecular weight excluding hydrogens is 266 g/mol. The highest BCUT2D eigenvalue weighted by atomic mass is 16.5. The van der Waals surface area contributed by atoms with Crippen LogP contribution >= 0.6 is 0 Å². The lowest BCUT2D eigenvalue weighted by molar-refractivity contribution is 0.0994. The van der Waals surface area contributed by atoms with Crippen LogP contribution < -0.4 is 16.2 Å². The van der Waals surface area contributed by atoms with Gasteiger partial charge in [0.1, 0.15) is 17.9 Å². The summed E-state index contributed by atoms with van der Waals surface area (Å²) in [6.07, 6.45) is 5.61. The number of para-hydroxylation sites is 1. The third kappa shape index (κ3) is 2.69. The number of fused-ring (bicyclic) bond motifs is 1. The zero-order chi connectivity index (χ0) is 14.9. The molecule has 5 nitrogen and oxygen atoms in total. The van der Waals surface area contributed by atoms with Gasteiger partial charge >= 0.3 is 0 Å². The molecule has 0 aliphatic heterocycles. The highest BCUT2D eigenvalue weighted by molar-refractivity contribution is 6.01. The maximum atomic E-state index is 11.6. The third-order valence-electron chi connectivity index (χ3n) is 4.09. The molecule has 0 spiro atoms. The van der Waals surface area contributed by atoms with Crippen LogP contribution in [-0.2, 0) is 0 Å². The molecule has 1 aromatic carbocycles. The Kier molecular flexibility index (Phi) is 3.51. The number of ether oxygens (including phenoxy) is 1. The number of nitrogens with two attached hydrogens (primary N) is 2. The van der Waals surface area contributed by atoms with Gasteiger partial charge in [-0.05, 0) is 25.0 Å². The number of benzene rings is 1. The number of aromatic nitrogens is 1. The summed E-state index contributed by atoms with van der Waals surface area (Å²) in [5.41, 5.74) is 12.5. The number of primary amides is 1. The van der Waals surface area contributed by atoms with Crippen molar-refractivity contribution >= 4 is 16.8 Å². The molecule has 1 amide bonds. The van der Waals surface area contributed by atoms with Crippen LogP contribution in [-0.4, -0.2) is 23.0 Å². The standard InChI is InChI=1S/C16H19N3O2/c17-15(20)12-9-19-13-6-2-1-5-11(13)14(12)21-10-16(18)7-3-4-8-16/h1-2,5-6,9H,3-4,7-8,10,18H2,(H2,17,20). The van der Waals surface area contributed by atoms with E-state index in [4.69, 9.17) is 16.2 Å². The van der Waals surface area contributed by atoms with Crippen LogP contribution in [0.25, 0.3) is 10.9 Å². The topological polar surface area (TPSA) is 91.2 Å². The minimum absolute atomic E-state index is 0.301. The molecule has 0 atom stereocenters. The van der Waals surface area contributed by atoms with Crippen molar-refractivity contribution in [1.29, 1.82) is 0 Å². The summed E-state index contributed by atoms with van der Waals surface area (Å²) in [7, 11) is 0. The molecule has 1 fully saturated rings. The SMILES string of the molecule is NC(=O)c1cnc2ccccc2c1OCC1(N)CCCC1. The number of rotatable bonds is 4. The van der Waals surface area contributed by atoms with Gasteiger partial charge in [-0.15, -0.1) is 0 Å². The van der Waals surface area contributed by atoms with Gasteiger partial charge in [-0.3, -0.25) is 9.78 Å². The first-order chi connectivity index (χ1) is 10.1. The van der Waals surface area contributed by atoms with E-state index in [0.29, 0.717) is 17.9 Å². The van der Waals surface area contributed by atoms with Gasteiger partial charge in [0.05, 0.1) is 11.1 Å². The second kappa shape index (κ2) is 5.33. The first-order valence-corrected chi connectivity index (χ1v) is 7.18. The normalized spacial score (nSPS) is 17.0. The van der Waals surface area contributed by atoms with Crippen LogP contribution in [0.4, 0.5) is 0 Å². The molecule has 0 bridgehead atoms. The fourth-order valence-electron chi connectivity index (χ4n) is 2.89. The van der Waals surface area contributed by atoms with E-state index in [9.17, 15) is 4.79 Å². The predicted molar refractivity (Wildman–Crippen MR) is 81.1 cm³/mol. The number of carbonyl (C=O) groups excluding carboxylic acids is 1. The van der Waals surface area contributed by atoms with E-state index < -0.39 is 5.91 Å². The minimum atomic E-state index is -0.541. The smallest absolute Gasteiger partial charge is 0.254 e. The molecule has 2 aromatic rings. The summed E-state index contributed by atoms with van der Waals surface area (Å²) >= 11 is 0. The Balaban J connectivity index is 1.98. The Morgan fingerprint density at radius 3 is 2.71 bits per heavy atom. The lowest BCUT2D eigenvalue weighted by Gasteiger charge is -2.24. The number of hydrogen-bond donors (Lipinski definition) is 2. The number of nitrogens with zero attached hydrogens (tertiary/aromatic N) is 1. The molecule has 1 aliphatic carbocycles. The maximum Gasteiger partial charge on any atom is 0.254 e. The zero-order valence-corrected chi connectivity index (χ0v) is 11.8. The second-order valence-corrected chi connectivity index (χ2v) is 5.74. The van der Waals surface area contributed by atoms with Gasteiger partial charge in [-0.1, -0.05) is 25.0 Å². The van der Waals surface area contributed by atoms with Crippen LogP contribution in [0.5, 0.6) is 5.75 Å². The predicted octanol–water partition coefficient (Wildman–Crippen LogP) is 1.98. The molecule has 21 heavy (non-hydrogen) atoms. The van der Waals surface area contributed by atoms with E-state index in [0.717, 1.165) is 36.6 Å². The van der Waals surface area contributed by atoms with Crippen LogP contribution in [0.3, 0.4) is 0 Å². The van der Waals surface area contributed by atoms with Gasteiger partial charge < -0.3 is 16.2 Å². The Morgan fingerprint density at radius 1 is 1.29 bits per heavy atom. The molecule has 5 heteroatoms. The van der Waals surface area contributed by atoms with Crippen molar-refractivity contribution in [2.24, 2.45) is 11.5 Å². The average Bonchev–Trinajstić information content (AvgIpc) is 2.91. The van der Waals surface area contributed by atoms with Gasteiger partial charge in [0, 0.05) is 11.6 Å². The second-order valence-electron chi connectivity index (χ2n) is 5.74. The summed E-state index contributed by atoms with van der Waals surface area (Å²) in [4.78, 5) is 15.9. The van der Waals surface area contributed by atoms with Crippen molar-refractivity contribution in [3.05, 3.63) is 36.0 Å². The molecule has 110 valence electrons. The average molecular weight is 285 g/mol. The summed E-state index contributed by atoms with van der Waals surface area (Å²) in [6.45, 7) is 0.390. The monoisotopic (exact) mass is 285 g/mol. The van der Waals surface area contributed by atoms with E-state index in [1.165, 1.54) is 6.20 Å². The van der Waals surface area contributed by atoms with E-state index in [1.807, 2.05) is 24.3 Å². The summed E-state index contributed by atoms with van der Waals surface area (Å²) in [5, 5.41) is 0.787. The molecule has 3 rings (SSSR count). The first-order valence-electron chi connectivity index (χ1n) is 7.18. The zero-order valence-electron chi connectivity index (χ0n) is 11.8. The van der Waals surface area contributed by atoms with Crippen LogP contribution in [0, 0.1) is 0 Å². The number of hydrogen-bond acceptors (Lipinski definition) is 4. The number of pyridine rings is 1. The maximum absolute atomic E-state index is 11.6. The summed E-state index contributed by atoms with van der Waals surface area (Å²) in [5.74, 6) is -0.0504. The van der Waals surface area contributed by atoms with Crippen molar-refractivity contribution in [2.45, 2.75) is 31.2 Å². The van der Waals surface area contributed by atoms with Crippen molar-refractivity contribution in [3.63, 3.8) is 0 Å². The highest BCUT2D eigenvalue weighted by Gasteiger charge is 2.30.